The van der Waals surface area contributed by atoms with E-state index in [0.29, 0.717) is 11.6 Å². The maximum absolute atomic E-state index is 13.4. The maximum Gasteiger partial charge on any atom is 0.125 e. The van der Waals surface area contributed by atoms with E-state index in [4.69, 9.17) is 5.73 Å². The summed E-state index contributed by atoms with van der Waals surface area (Å²) in [6.45, 7) is 4.25. The Morgan fingerprint density at radius 2 is 1.76 bits per heavy atom. The first kappa shape index (κ1) is 11.6. The molecule has 0 aliphatic carbocycles. The fourth-order valence-corrected chi connectivity index (χ4v) is 2.03. The zero-order valence-electron chi connectivity index (χ0n) is 10.1. The van der Waals surface area contributed by atoms with Gasteiger partial charge in [0.25, 0.3) is 0 Å². The summed E-state index contributed by atoms with van der Waals surface area (Å²) in [5, 5.41) is 0. The highest BCUT2D eigenvalue weighted by atomic mass is 19.1. The average molecular weight is 229 g/mol. The highest BCUT2D eigenvalue weighted by Crippen LogP contribution is 2.30. The van der Waals surface area contributed by atoms with Crippen LogP contribution in [0.25, 0.3) is 11.1 Å². The van der Waals surface area contributed by atoms with E-state index >= 15 is 0 Å². The number of nitrogen functional groups attached to an aromatic ring is 1. The molecule has 0 radical (unpaired) electrons. The van der Waals surface area contributed by atoms with Crippen molar-refractivity contribution in [3.05, 3.63) is 53.8 Å². The lowest BCUT2D eigenvalue weighted by Crippen LogP contribution is -1.94. The van der Waals surface area contributed by atoms with Gasteiger partial charge >= 0.3 is 0 Å². The van der Waals surface area contributed by atoms with Crippen molar-refractivity contribution in [1.29, 1.82) is 0 Å². The summed E-state index contributed by atoms with van der Waals surface area (Å²) >= 11 is 0. The van der Waals surface area contributed by atoms with E-state index in [1.807, 2.05) is 24.3 Å². The van der Waals surface area contributed by atoms with Gasteiger partial charge in [0.15, 0.2) is 0 Å². The molecule has 0 spiro atoms. The number of benzene rings is 2. The number of nitrogens with two attached hydrogens (primary N) is 1. The first-order chi connectivity index (χ1) is 8.08. The van der Waals surface area contributed by atoms with E-state index in [-0.39, 0.29) is 5.82 Å². The fraction of sp³-hybridized carbons (Fsp3) is 0.200. The Hall–Kier alpha value is -1.83. The van der Waals surface area contributed by atoms with E-state index in [1.54, 1.807) is 0 Å². The molecule has 0 saturated heterocycles. The molecular formula is C15H16FN. The fourth-order valence-electron chi connectivity index (χ4n) is 2.03. The van der Waals surface area contributed by atoms with Gasteiger partial charge in [0.1, 0.15) is 5.82 Å². The van der Waals surface area contributed by atoms with Crippen LogP contribution < -0.4 is 5.73 Å². The van der Waals surface area contributed by atoms with Gasteiger partial charge in [-0.15, -0.1) is 0 Å². The van der Waals surface area contributed by atoms with E-state index in [1.165, 1.54) is 17.7 Å². The molecule has 2 rings (SSSR count). The van der Waals surface area contributed by atoms with Crippen molar-refractivity contribution in [3.8, 4) is 11.1 Å². The Labute approximate surface area is 101 Å². The van der Waals surface area contributed by atoms with Crippen LogP contribution in [0, 0.1) is 5.82 Å². The van der Waals surface area contributed by atoms with E-state index in [9.17, 15) is 4.39 Å². The molecule has 0 aromatic heterocycles. The summed E-state index contributed by atoms with van der Waals surface area (Å²) in [4.78, 5) is 0. The Morgan fingerprint density at radius 3 is 2.41 bits per heavy atom. The lowest BCUT2D eigenvalue weighted by atomic mass is 9.92. The summed E-state index contributed by atoms with van der Waals surface area (Å²) in [7, 11) is 0. The van der Waals surface area contributed by atoms with Crippen LogP contribution in [0.1, 0.15) is 25.3 Å². The molecule has 0 bridgehead atoms. The molecule has 0 amide bonds. The van der Waals surface area contributed by atoms with E-state index < -0.39 is 0 Å². The molecule has 2 N–H and O–H groups in total. The molecule has 0 aliphatic heterocycles. The van der Waals surface area contributed by atoms with E-state index in [2.05, 4.69) is 19.9 Å². The Bertz CT molecular complexity index is 512. The molecule has 2 heteroatoms. The van der Waals surface area contributed by atoms with Gasteiger partial charge in [0.2, 0.25) is 0 Å². The molecular weight excluding hydrogens is 213 g/mol. The molecule has 17 heavy (non-hydrogen) atoms. The van der Waals surface area contributed by atoms with Crippen LogP contribution in [0.4, 0.5) is 10.1 Å². The predicted molar refractivity (Wildman–Crippen MR) is 70.3 cm³/mol. The largest absolute Gasteiger partial charge is 0.399 e. The molecule has 0 unspecified atom stereocenters. The molecule has 2 aromatic rings. The van der Waals surface area contributed by atoms with Gasteiger partial charge in [-0.1, -0.05) is 38.1 Å². The number of hydrogen-bond acceptors (Lipinski definition) is 1. The first-order valence-corrected chi connectivity index (χ1v) is 5.73. The molecule has 88 valence electrons. The van der Waals surface area contributed by atoms with Crippen LogP contribution in [0.2, 0.25) is 0 Å². The minimum absolute atomic E-state index is 0.293. The smallest absolute Gasteiger partial charge is 0.125 e. The first-order valence-electron chi connectivity index (χ1n) is 5.73. The van der Waals surface area contributed by atoms with Crippen LogP contribution in [0.5, 0.6) is 0 Å². The second kappa shape index (κ2) is 4.58. The van der Waals surface area contributed by atoms with Crippen LogP contribution >= 0.6 is 0 Å². The number of rotatable bonds is 2. The Kier molecular flexibility index (Phi) is 3.14. The average Bonchev–Trinajstić information content (AvgIpc) is 2.27. The zero-order valence-corrected chi connectivity index (χ0v) is 10.1. The van der Waals surface area contributed by atoms with Crippen molar-refractivity contribution in [2.75, 3.05) is 5.73 Å². The summed E-state index contributed by atoms with van der Waals surface area (Å²) in [6, 6.07) is 12.7. The Balaban J connectivity index is 2.60. The number of anilines is 1. The third-order valence-corrected chi connectivity index (χ3v) is 2.81. The van der Waals surface area contributed by atoms with Gasteiger partial charge in [-0.05, 0) is 40.8 Å². The van der Waals surface area contributed by atoms with Gasteiger partial charge in [-0.3, -0.25) is 0 Å². The topological polar surface area (TPSA) is 26.0 Å². The van der Waals surface area contributed by atoms with Gasteiger partial charge in [-0.25, -0.2) is 4.39 Å². The molecule has 0 aliphatic rings. The highest BCUT2D eigenvalue weighted by Gasteiger charge is 2.09. The monoisotopic (exact) mass is 229 g/mol. The molecule has 0 atom stereocenters. The molecule has 1 nitrogen and oxygen atoms in total. The van der Waals surface area contributed by atoms with Crippen LogP contribution in [0.15, 0.2) is 42.5 Å². The minimum atomic E-state index is -0.293. The van der Waals surface area contributed by atoms with E-state index in [0.717, 1.165) is 11.1 Å². The standard InChI is InChI=1S/C15H16FN/c1-10(2)14-5-3-4-6-15(14)11-7-12(16)9-13(17)8-11/h3-10H,17H2,1-2H3. The highest BCUT2D eigenvalue weighted by molar-refractivity contribution is 5.71. The SMILES string of the molecule is CC(C)c1ccccc1-c1cc(N)cc(F)c1. The quantitative estimate of drug-likeness (QED) is 0.767. The van der Waals surface area contributed by atoms with Crippen LogP contribution in [-0.2, 0) is 0 Å². The maximum atomic E-state index is 13.4. The second-order valence-corrected chi connectivity index (χ2v) is 4.52. The Morgan fingerprint density at radius 1 is 1.06 bits per heavy atom. The molecule has 2 aromatic carbocycles. The summed E-state index contributed by atoms with van der Waals surface area (Å²) in [6.07, 6.45) is 0. The van der Waals surface area contributed by atoms with Gasteiger partial charge < -0.3 is 5.73 Å². The summed E-state index contributed by atoms with van der Waals surface area (Å²) in [5.74, 6) is 0.106. The zero-order chi connectivity index (χ0) is 12.4. The number of halogens is 1. The molecule has 0 fully saturated rings. The van der Waals surface area contributed by atoms with Crippen molar-refractivity contribution >= 4 is 5.69 Å². The third kappa shape index (κ3) is 2.47. The summed E-state index contributed by atoms with van der Waals surface area (Å²) in [5.41, 5.74) is 9.24. The number of hydrogen-bond donors (Lipinski definition) is 1. The van der Waals surface area contributed by atoms with Crippen LogP contribution in [0.3, 0.4) is 0 Å². The van der Waals surface area contributed by atoms with Gasteiger partial charge in [-0.2, -0.15) is 0 Å². The molecule has 0 heterocycles. The lowest BCUT2D eigenvalue weighted by Gasteiger charge is -2.13. The predicted octanol–water partition coefficient (Wildman–Crippen LogP) is 4.20. The van der Waals surface area contributed by atoms with Crippen molar-refractivity contribution in [1.82, 2.24) is 0 Å². The van der Waals surface area contributed by atoms with Crippen molar-refractivity contribution in [2.24, 2.45) is 0 Å². The lowest BCUT2D eigenvalue weighted by molar-refractivity contribution is 0.629. The summed E-state index contributed by atoms with van der Waals surface area (Å²) < 4.78 is 13.4. The second-order valence-electron chi connectivity index (χ2n) is 4.52. The minimum Gasteiger partial charge on any atom is -0.399 e. The van der Waals surface area contributed by atoms with Crippen LogP contribution in [-0.4, -0.2) is 0 Å². The third-order valence-electron chi connectivity index (χ3n) is 2.81. The van der Waals surface area contributed by atoms with Gasteiger partial charge in [0.05, 0.1) is 0 Å². The normalized spacial score (nSPS) is 10.8. The van der Waals surface area contributed by atoms with Crippen molar-refractivity contribution in [2.45, 2.75) is 19.8 Å². The van der Waals surface area contributed by atoms with Crippen molar-refractivity contribution < 1.29 is 4.39 Å². The van der Waals surface area contributed by atoms with Gasteiger partial charge in [0, 0.05) is 5.69 Å². The molecule has 0 saturated carbocycles. The van der Waals surface area contributed by atoms with Crippen molar-refractivity contribution in [3.63, 3.8) is 0 Å².